The molecule has 0 atom stereocenters. The van der Waals surface area contributed by atoms with Crippen molar-refractivity contribution in [3.63, 3.8) is 0 Å². The van der Waals surface area contributed by atoms with E-state index in [9.17, 15) is 0 Å². The number of hydrogen-bond acceptors (Lipinski definition) is 4. The van der Waals surface area contributed by atoms with Crippen LogP contribution in [0.4, 0.5) is 5.69 Å². The van der Waals surface area contributed by atoms with Crippen molar-refractivity contribution in [2.24, 2.45) is 0 Å². The zero-order valence-electron chi connectivity index (χ0n) is 7.03. The molecular weight excluding hydrogens is 174 g/mol. The smallest absolute Gasteiger partial charge is 0.134 e. The number of hydrogen-bond donors (Lipinski definition) is 1. The molecule has 0 saturated heterocycles. The van der Waals surface area contributed by atoms with Crippen LogP contribution in [-0.4, -0.2) is 14.2 Å². The average molecular weight is 185 g/mol. The van der Waals surface area contributed by atoms with Crippen molar-refractivity contribution in [2.75, 3.05) is 20.0 Å². The van der Waals surface area contributed by atoms with Crippen molar-refractivity contribution in [3.05, 3.63) is 18.2 Å². The molecule has 3 nitrogen and oxygen atoms in total. The molecule has 0 aliphatic carbocycles. The van der Waals surface area contributed by atoms with Crippen LogP contribution in [0.5, 0.6) is 5.75 Å². The summed E-state index contributed by atoms with van der Waals surface area (Å²) in [5.74, 6) is 0.774. The van der Waals surface area contributed by atoms with Crippen LogP contribution in [0.2, 0.25) is 0 Å². The van der Waals surface area contributed by atoms with E-state index in [4.69, 9.17) is 14.7 Å². The summed E-state index contributed by atoms with van der Waals surface area (Å²) < 4.78 is 10.0. The van der Waals surface area contributed by atoms with E-state index in [0.29, 0.717) is 5.69 Å². The molecular formula is C8H11NO2S. The first-order chi connectivity index (χ1) is 5.77. The van der Waals surface area contributed by atoms with Crippen LogP contribution in [0, 0.1) is 0 Å². The van der Waals surface area contributed by atoms with Crippen molar-refractivity contribution >= 4 is 17.7 Å². The quantitative estimate of drug-likeness (QED) is 0.577. The molecule has 4 heteroatoms. The summed E-state index contributed by atoms with van der Waals surface area (Å²) in [6, 6.07) is 5.42. The summed E-state index contributed by atoms with van der Waals surface area (Å²) >= 11 is 1.24. The Balaban J connectivity index is 2.95. The number of rotatable bonds is 3. The second kappa shape index (κ2) is 4.23. The number of methoxy groups -OCH3 is 1. The Hall–Kier alpha value is -0.870. The largest absolute Gasteiger partial charge is 0.495 e. The Kier molecular flexibility index (Phi) is 3.25. The molecule has 0 saturated carbocycles. The minimum Gasteiger partial charge on any atom is -0.495 e. The number of nitrogen functional groups attached to an aromatic ring is 1. The SMILES string of the molecule is COSc1cc(N)ccc1OC. The molecule has 0 fully saturated rings. The fraction of sp³-hybridized carbons (Fsp3) is 0.250. The predicted molar refractivity (Wildman–Crippen MR) is 50.3 cm³/mol. The topological polar surface area (TPSA) is 44.5 Å². The lowest BCUT2D eigenvalue weighted by molar-refractivity contribution is 0.402. The highest BCUT2D eigenvalue weighted by atomic mass is 32.2. The van der Waals surface area contributed by atoms with E-state index < -0.39 is 0 Å². The summed E-state index contributed by atoms with van der Waals surface area (Å²) in [5, 5.41) is 0. The monoisotopic (exact) mass is 185 g/mol. The van der Waals surface area contributed by atoms with Gasteiger partial charge in [0.05, 0.1) is 19.1 Å². The summed E-state index contributed by atoms with van der Waals surface area (Å²) in [6.07, 6.45) is 0. The number of anilines is 1. The lowest BCUT2D eigenvalue weighted by atomic mass is 10.3. The highest BCUT2D eigenvalue weighted by Crippen LogP contribution is 2.30. The summed E-state index contributed by atoms with van der Waals surface area (Å²) in [6.45, 7) is 0. The first-order valence-corrected chi connectivity index (χ1v) is 4.16. The van der Waals surface area contributed by atoms with Gasteiger partial charge in [0.25, 0.3) is 0 Å². The fourth-order valence-corrected chi connectivity index (χ4v) is 1.45. The molecule has 0 amide bonds. The van der Waals surface area contributed by atoms with Gasteiger partial charge in [-0.2, -0.15) is 0 Å². The van der Waals surface area contributed by atoms with Gasteiger partial charge >= 0.3 is 0 Å². The molecule has 1 rings (SSSR count). The van der Waals surface area contributed by atoms with E-state index in [1.165, 1.54) is 12.0 Å². The van der Waals surface area contributed by atoms with E-state index in [2.05, 4.69) is 0 Å². The normalized spacial score (nSPS) is 9.83. The third-order valence-corrected chi connectivity index (χ3v) is 2.03. The van der Waals surface area contributed by atoms with Crippen molar-refractivity contribution < 1.29 is 8.92 Å². The maximum Gasteiger partial charge on any atom is 0.134 e. The maximum atomic E-state index is 5.59. The molecule has 12 heavy (non-hydrogen) atoms. The molecule has 0 radical (unpaired) electrons. The molecule has 1 aromatic carbocycles. The maximum absolute atomic E-state index is 5.59. The van der Waals surface area contributed by atoms with Gasteiger partial charge in [-0.05, 0) is 18.2 Å². The van der Waals surface area contributed by atoms with Gasteiger partial charge in [-0.1, -0.05) is 0 Å². The zero-order chi connectivity index (χ0) is 8.97. The highest BCUT2D eigenvalue weighted by molar-refractivity contribution is 7.94. The van der Waals surface area contributed by atoms with Gasteiger partial charge in [0, 0.05) is 17.7 Å². The molecule has 1 aromatic rings. The van der Waals surface area contributed by atoms with Gasteiger partial charge in [0.2, 0.25) is 0 Å². The third kappa shape index (κ3) is 2.06. The number of nitrogens with two attached hydrogens (primary N) is 1. The molecule has 2 N–H and O–H groups in total. The molecule has 0 spiro atoms. The molecule has 0 bridgehead atoms. The van der Waals surface area contributed by atoms with E-state index in [1.54, 1.807) is 20.3 Å². The Labute approximate surface area is 76.1 Å². The first-order valence-electron chi connectivity index (χ1n) is 3.42. The van der Waals surface area contributed by atoms with E-state index in [1.807, 2.05) is 12.1 Å². The van der Waals surface area contributed by atoms with Crippen LogP contribution in [0.15, 0.2) is 23.1 Å². The zero-order valence-corrected chi connectivity index (χ0v) is 7.85. The van der Waals surface area contributed by atoms with Crippen molar-refractivity contribution in [1.29, 1.82) is 0 Å². The second-order valence-corrected chi connectivity index (χ2v) is 3.10. The van der Waals surface area contributed by atoms with Crippen LogP contribution in [0.1, 0.15) is 0 Å². The summed E-state index contributed by atoms with van der Waals surface area (Å²) in [7, 11) is 3.22. The minimum atomic E-state index is 0.704. The number of ether oxygens (including phenoxy) is 1. The van der Waals surface area contributed by atoms with Gasteiger partial charge in [-0.3, -0.25) is 0 Å². The van der Waals surface area contributed by atoms with Crippen LogP contribution in [0.25, 0.3) is 0 Å². The Morgan fingerprint density at radius 3 is 2.67 bits per heavy atom. The molecule has 66 valence electrons. The van der Waals surface area contributed by atoms with E-state index >= 15 is 0 Å². The Morgan fingerprint density at radius 1 is 1.33 bits per heavy atom. The van der Waals surface area contributed by atoms with Crippen LogP contribution in [-0.2, 0) is 4.18 Å². The van der Waals surface area contributed by atoms with Gasteiger partial charge in [-0.15, -0.1) is 0 Å². The number of benzene rings is 1. The van der Waals surface area contributed by atoms with Gasteiger partial charge in [0.15, 0.2) is 0 Å². The van der Waals surface area contributed by atoms with Crippen molar-refractivity contribution in [2.45, 2.75) is 4.90 Å². The van der Waals surface area contributed by atoms with Crippen LogP contribution >= 0.6 is 12.0 Å². The molecule has 0 heterocycles. The van der Waals surface area contributed by atoms with E-state index in [0.717, 1.165) is 10.6 Å². The fourth-order valence-electron chi connectivity index (χ4n) is 0.848. The standard InChI is InChI=1S/C8H11NO2S/c1-10-7-4-3-6(9)5-8(7)12-11-2/h3-5H,9H2,1-2H3. The van der Waals surface area contributed by atoms with Crippen LogP contribution in [0.3, 0.4) is 0 Å². The van der Waals surface area contributed by atoms with E-state index in [-0.39, 0.29) is 0 Å². The van der Waals surface area contributed by atoms with Crippen molar-refractivity contribution in [3.8, 4) is 5.75 Å². The lowest BCUT2D eigenvalue weighted by Gasteiger charge is -2.06. The second-order valence-electron chi connectivity index (χ2n) is 2.16. The Bertz CT molecular complexity index is 265. The van der Waals surface area contributed by atoms with Gasteiger partial charge < -0.3 is 14.7 Å². The Morgan fingerprint density at radius 2 is 2.08 bits per heavy atom. The molecule has 0 aliphatic rings. The minimum absolute atomic E-state index is 0.704. The highest BCUT2D eigenvalue weighted by Gasteiger charge is 2.03. The lowest BCUT2D eigenvalue weighted by Crippen LogP contribution is -1.89. The molecule has 0 aliphatic heterocycles. The summed E-state index contributed by atoms with van der Waals surface area (Å²) in [4.78, 5) is 0.889. The average Bonchev–Trinajstić information content (AvgIpc) is 2.05. The van der Waals surface area contributed by atoms with Crippen molar-refractivity contribution in [1.82, 2.24) is 0 Å². The summed E-state index contributed by atoms with van der Waals surface area (Å²) in [5.41, 5.74) is 6.29. The molecule has 0 aromatic heterocycles. The predicted octanol–water partition coefficient (Wildman–Crippen LogP) is 1.93. The third-order valence-electron chi connectivity index (χ3n) is 1.36. The van der Waals surface area contributed by atoms with Gasteiger partial charge in [-0.25, -0.2) is 0 Å². The first kappa shape index (κ1) is 9.22. The van der Waals surface area contributed by atoms with Gasteiger partial charge in [0.1, 0.15) is 5.75 Å². The molecule has 0 unspecified atom stereocenters. The van der Waals surface area contributed by atoms with Crippen LogP contribution < -0.4 is 10.5 Å².